The summed E-state index contributed by atoms with van der Waals surface area (Å²) >= 11 is 5.51. The molecule has 1 rings (SSSR count). The molecule has 3 nitrogen and oxygen atoms in total. The van der Waals surface area contributed by atoms with Crippen LogP contribution in [-0.4, -0.2) is 38.0 Å². The second-order valence-corrected chi connectivity index (χ2v) is 4.15. The van der Waals surface area contributed by atoms with Gasteiger partial charge in [-0.1, -0.05) is 12.1 Å². The molecule has 68 valence electrons. The molecule has 13 heavy (non-hydrogen) atoms. The fourth-order valence-electron chi connectivity index (χ4n) is 0.768. The van der Waals surface area contributed by atoms with Crippen molar-refractivity contribution in [1.82, 2.24) is 0 Å². The van der Waals surface area contributed by atoms with Crippen LogP contribution >= 0.6 is 11.6 Å². The van der Waals surface area contributed by atoms with E-state index in [1.807, 2.05) is 0 Å². The number of nitrogens with two attached hydrogens (primary N) is 1. The Bertz CT molecular complexity index is 363. The second kappa shape index (κ2) is 5.34. The van der Waals surface area contributed by atoms with E-state index < -0.39 is 10.0 Å². The first-order valence-electron chi connectivity index (χ1n) is 3.22. The van der Waals surface area contributed by atoms with Gasteiger partial charge in [0.05, 0.1) is 4.90 Å². The van der Waals surface area contributed by atoms with Crippen LogP contribution in [0.3, 0.4) is 0 Å². The summed E-state index contributed by atoms with van der Waals surface area (Å²) < 4.78 is 21.6. The van der Waals surface area contributed by atoms with Crippen LogP contribution in [0, 0.1) is 0 Å². The maximum atomic E-state index is 10.8. The minimum absolute atomic E-state index is 0. The van der Waals surface area contributed by atoms with Gasteiger partial charge in [-0.25, -0.2) is 13.6 Å². The van der Waals surface area contributed by atoms with Gasteiger partial charge in [0.25, 0.3) is 0 Å². The average Bonchev–Trinajstić information content (AvgIpc) is 2.03. The SMILES string of the molecule is NS(=O)(=O)c1ccc(CCl)cc1.[NaH]. The van der Waals surface area contributed by atoms with Crippen molar-refractivity contribution in [3.63, 3.8) is 0 Å². The van der Waals surface area contributed by atoms with E-state index in [2.05, 4.69) is 0 Å². The number of hydrogen-bond donors (Lipinski definition) is 1. The van der Waals surface area contributed by atoms with E-state index in [1.165, 1.54) is 12.1 Å². The predicted molar refractivity (Wildman–Crippen MR) is 54.5 cm³/mol. The van der Waals surface area contributed by atoms with Crippen molar-refractivity contribution < 1.29 is 8.42 Å². The van der Waals surface area contributed by atoms with E-state index in [4.69, 9.17) is 16.7 Å². The third-order valence-electron chi connectivity index (χ3n) is 1.41. The molecule has 0 fully saturated rings. The fraction of sp³-hybridized carbons (Fsp3) is 0.143. The third-order valence-corrected chi connectivity index (χ3v) is 2.64. The minimum atomic E-state index is -3.57. The van der Waals surface area contributed by atoms with Gasteiger partial charge in [0.2, 0.25) is 10.0 Å². The Morgan fingerprint density at radius 1 is 1.23 bits per heavy atom. The number of sulfonamides is 1. The van der Waals surface area contributed by atoms with Gasteiger partial charge in [0.1, 0.15) is 0 Å². The first-order chi connectivity index (χ1) is 5.54. The van der Waals surface area contributed by atoms with Gasteiger partial charge in [-0.05, 0) is 17.7 Å². The standard InChI is InChI=1S/C7H8ClNO2S.Na.H/c8-5-6-1-3-7(4-2-6)12(9,10)11;;/h1-4H,5H2,(H2,9,10,11);;. The van der Waals surface area contributed by atoms with Crippen LogP contribution in [0.4, 0.5) is 0 Å². The second-order valence-electron chi connectivity index (χ2n) is 2.32. The van der Waals surface area contributed by atoms with Crippen LogP contribution in [0.1, 0.15) is 5.56 Å². The molecule has 0 unspecified atom stereocenters. The molecule has 0 aliphatic rings. The first-order valence-corrected chi connectivity index (χ1v) is 5.30. The van der Waals surface area contributed by atoms with Gasteiger partial charge in [-0.3, -0.25) is 0 Å². The van der Waals surface area contributed by atoms with Crippen LogP contribution in [0.2, 0.25) is 0 Å². The van der Waals surface area contributed by atoms with Crippen molar-refractivity contribution in [2.75, 3.05) is 0 Å². The Morgan fingerprint density at radius 2 is 1.69 bits per heavy atom. The van der Waals surface area contributed by atoms with Crippen LogP contribution in [0.5, 0.6) is 0 Å². The normalized spacial score (nSPS) is 10.6. The molecule has 0 radical (unpaired) electrons. The zero-order valence-corrected chi connectivity index (χ0v) is 7.77. The topological polar surface area (TPSA) is 60.2 Å². The summed E-state index contributed by atoms with van der Waals surface area (Å²) in [5, 5.41) is 4.89. The maximum absolute atomic E-state index is 10.8. The Balaban J connectivity index is 0.00000144. The first kappa shape index (κ1) is 13.4. The molecule has 0 aliphatic heterocycles. The number of benzene rings is 1. The summed E-state index contributed by atoms with van der Waals surface area (Å²) in [6.07, 6.45) is 0. The van der Waals surface area contributed by atoms with Crippen molar-refractivity contribution in [1.29, 1.82) is 0 Å². The van der Waals surface area contributed by atoms with E-state index in [1.54, 1.807) is 12.1 Å². The molecule has 0 amide bonds. The van der Waals surface area contributed by atoms with E-state index in [-0.39, 0.29) is 34.5 Å². The fourth-order valence-corrected chi connectivity index (χ4v) is 1.46. The molecule has 6 heteroatoms. The summed E-state index contributed by atoms with van der Waals surface area (Å²) in [7, 11) is -3.57. The van der Waals surface area contributed by atoms with E-state index in [0.29, 0.717) is 5.88 Å². The molecule has 0 saturated heterocycles. The molecule has 2 N–H and O–H groups in total. The van der Waals surface area contributed by atoms with Crippen molar-refractivity contribution in [3.05, 3.63) is 29.8 Å². The molecule has 0 bridgehead atoms. The molecule has 0 spiro atoms. The van der Waals surface area contributed by atoms with Crippen LogP contribution in [0.15, 0.2) is 29.2 Å². The summed E-state index contributed by atoms with van der Waals surface area (Å²) in [4.78, 5) is 0.108. The summed E-state index contributed by atoms with van der Waals surface area (Å²) in [6.45, 7) is 0. The number of alkyl halides is 1. The molecule has 0 saturated carbocycles. The molecule has 0 aliphatic carbocycles. The van der Waals surface area contributed by atoms with Gasteiger partial charge < -0.3 is 0 Å². The van der Waals surface area contributed by atoms with E-state index in [0.717, 1.165) is 5.56 Å². The summed E-state index contributed by atoms with van der Waals surface area (Å²) in [6, 6.07) is 6.14. The molecule has 1 aromatic rings. The van der Waals surface area contributed by atoms with E-state index >= 15 is 0 Å². The van der Waals surface area contributed by atoms with Crippen LogP contribution in [0.25, 0.3) is 0 Å². The summed E-state index contributed by atoms with van der Waals surface area (Å²) in [5.74, 6) is 0.366. The quantitative estimate of drug-likeness (QED) is 0.590. The molecule has 0 heterocycles. The average molecular weight is 230 g/mol. The summed E-state index contributed by atoms with van der Waals surface area (Å²) in [5.41, 5.74) is 0.865. The van der Waals surface area contributed by atoms with Gasteiger partial charge in [0.15, 0.2) is 0 Å². The number of halogens is 1. The molecular weight excluding hydrogens is 221 g/mol. The van der Waals surface area contributed by atoms with Crippen molar-refractivity contribution in [3.8, 4) is 0 Å². The van der Waals surface area contributed by atoms with Gasteiger partial charge in [0, 0.05) is 5.88 Å². The Labute approximate surface area is 105 Å². The number of rotatable bonds is 2. The Kier molecular flexibility index (Phi) is 5.51. The van der Waals surface area contributed by atoms with Crippen LogP contribution < -0.4 is 5.14 Å². The predicted octanol–water partition coefficient (Wildman–Crippen LogP) is 0.424. The van der Waals surface area contributed by atoms with Crippen LogP contribution in [-0.2, 0) is 15.9 Å². The monoisotopic (exact) mass is 229 g/mol. The number of hydrogen-bond acceptors (Lipinski definition) is 2. The molecular formula is C7H9ClNNaO2S. The van der Waals surface area contributed by atoms with Gasteiger partial charge in [-0.2, -0.15) is 0 Å². The third kappa shape index (κ3) is 3.97. The van der Waals surface area contributed by atoms with Crippen molar-refractivity contribution in [2.45, 2.75) is 10.8 Å². The van der Waals surface area contributed by atoms with Gasteiger partial charge in [-0.15, -0.1) is 11.6 Å². The molecule has 0 atom stereocenters. The van der Waals surface area contributed by atoms with Crippen molar-refractivity contribution >= 4 is 51.2 Å². The van der Waals surface area contributed by atoms with Crippen molar-refractivity contribution in [2.24, 2.45) is 5.14 Å². The number of primary sulfonamides is 1. The zero-order valence-electron chi connectivity index (χ0n) is 6.20. The Hall–Kier alpha value is 0.420. The Morgan fingerprint density at radius 3 is 2.00 bits per heavy atom. The zero-order chi connectivity index (χ0) is 9.19. The van der Waals surface area contributed by atoms with E-state index in [9.17, 15) is 8.42 Å². The molecule has 0 aromatic heterocycles. The molecule has 1 aromatic carbocycles. The van der Waals surface area contributed by atoms with Gasteiger partial charge >= 0.3 is 29.6 Å².